The molecule has 0 unspecified atom stereocenters. The van der Waals surface area contributed by atoms with Crippen LogP contribution in [-0.2, 0) is 7.05 Å². The van der Waals surface area contributed by atoms with Crippen LogP contribution >= 0.6 is 15.9 Å². The highest BCUT2D eigenvalue weighted by molar-refractivity contribution is 9.10. The predicted octanol–water partition coefficient (Wildman–Crippen LogP) is 2.88. The monoisotopic (exact) mass is 283 g/mol. The molecule has 0 spiro atoms. The summed E-state index contributed by atoms with van der Waals surface area (Å²) in [5, 5.41) is 4.15. The summed E-state index contributed by atoms with van der Waals surface area (Å²) >= 11 is 3.18. The molecular weight excluding hydrogens is 273 g/mol. The van der Waals surface area contributed by atoms with Crippen LogP contribution in [0, 0.1) is 12.7 Å². The Labute approximate surface area is 101 Å². The van der Waals surface area contributed by atoms with Crippen LogP contribution in [0.1, 0.15) is 5.56 Å². The van der Waals surface area contributed by atoms with Gasteiger partial charge in [-0.1, -0.05) is 0 Å². The van der Waals surface area contributed by atoms with E-state index >= 15 is 0 Å². The molecule has 0 bridgehead atoms. The van der Waals surface area contributed by atoms with E-state index in [0.717, 1.165) is 5.56 Å². The number of nitrogens with two attached hydrogens (primary N) is 1. The van der Waals surface area contributed by atoms with Crippen LogP contribution in [0.5, 0.6) is 0 Å². The number of nitrogen functional groups attached to an aromatic ring is 1. The molecule has 2 N–H and O–H groups in total. The van der Waals surface area contributed by atoms with Crippen molar-refractivity contribution in [3.8, 4) is 11.3 Å². The van der Waals surface area contributed by atoms with Gasteiger partial charge in [0, 0.05) is 18.7 Å². The lowest BCUT2D eigenvalue weighted by molar-refractivity contribution is 0.623. The molecule has 1 aromatic heterocycles. The number of hydrogen-bond donors (Lipinski definition) is 1. The molecule has 16 heavy (non-hydrogen) atoms. The highest BCUT2D eigenvalue weighted by Gasteiger charge is 2.13. The van der Waals surface area contributed by atoms with E-state index in [0.29, 0.717) is 21.5 Å². The van der Waals surface area contributed by atoms with E-state index < -0.39 is 0 Å². The van der Waals surface area contributed by atoms with E-state index in [9.17, 15) is 4.39 Å². The normalized spacial score (nSPS) is 10.8. The second kappa shape index (κ2) is 3.90. The zero-order valence-electron chi connectivity index (χ0n) is 8.96. The molecular formula is C11H11BrFN3. The van der Waals surface area contributed by atoms with Gasteiger partial charge < -0.3 is 5.73 Å². The third-order valence-electron chi connectivity index (χ3n) is 2.36. The SMILES string of the molecule is Cc1cc(Br)c(F)c(-c2cc(N)n(C)n2)c1. The molecule has 0 fully saturated rings. The van der Waals surface area contributed by atoms with Crippen molar-refractivity contribution in [1.29, 1.82) is 0 Å². The average Bonchev–Trinajstić information content (AvgIpc) is 2.53. The molecule has 3 nitrogen and oxygen atoms in total. The number of aryl methyl sites for hydroxylation is 2. The van der Waals surface area contributed by atoms with Gasteiger partial charge in [-0.3, -0.25) is 4.68 Å². The lowest BCUT2D eigenvalue weighted by Gasteiger charge is -2.03. The summed E-state index contributed by atoms with van der Waals surface area (Å²) in [6, 6.07) is 5.14. The molecule has 84 valence electrons. The number of aromatic nitrogens is 2. The quantitative estimate of drug-likeness (QED) is 0.875. The summed E-state index contributed by atoms with van der Waals surface area (Å²) in [6.07, 6.45) is 0. The number of anilines is 1. The van der Waals surface area contributed by atoms with E-state index in [1.165, 1.54) is 4.68 Å². The Hall–Kier alpha value is -1.36. The first-order chi connectivity index (χ1) is 7.49. The molecule has 0 radical (unpaired) electrons. The molecule has 2 rings (SSSR count). The van der Waals surface area contributed by atoms with Gasteiger partial charge in [0.15, 0.2) is 0 Å². The Morgan fingerprint density at radius 1 is 1.38 bits per heavy atom. The van der Waals surface area contributed by atoms with Crippen LogP contribution in [0.2, 0.25) is 0 Å². The Morgan fingerprint density at radius 3 is 2.62 bits per heavy atom. The first-order valence-corrected chi connectivity index (χ1v) is 5.54. The van der Waals surface area contributed by atoms with Crippen molar-refractivity contribution in [1.82, 2.24) is 9.78 Å². The lowest BCUT2D eigenvalue weighted by Crippen LogP contribution is -1.96. The van der Waals surface area contributed by atoms with Crippen LogP contribution in [0.4, 0.5) is 10.2 Å². The van der Waals surface area contributed by atoms with Gasteiger partial charge in [-0.25, -0.2) is 4.39 Å². The van der Waals surface area contributed by atoms with Crippen molar-refractivity contribution in [2.24, 2.45) is 7.05 Å². The molecule has 0 saturated heterocycles. The summed E-state index contributed by atoms with van der Waals surface area (Å²) in [5.41, 5.74) is 7.64. The summed E-state index contributed by atoms with van der Waals surface area (Å²) in [6.45, 7) is 1.90. The third kappa shape index (κ3) is 1.82. The van der Waals surface area contributed by atoms with Crippen molar-refractivity contribution in [2.75, 3.05) is 5.73 Å². The first kappa shape index (κ1) is 11.1. The molecule has 5 heteroatoms. The maximum Gasteiger partial charge on any atom is 0.146 e. The van der Waals surface area contributed by atoms with Crippen molar-refractivity contribution < 1.29 is 4.39 Å². The summed E-state index contributed by atoms with van der Waals surface area (Å²) in [4.78, 5) is 0. The molecule has 0 amide bonds. The van der Waals surface area contributed by atoms with Gasteiger partial charge in [-0.2, -0.15) is 5.10 Å². The van der Waals surface area contributed by atoms with Crippen molar-refractivity contribution in [3.05, 3.63) is 34.1 Å². The largest absolute Gasteiger partial charge is 0.384 e. The first-order valence-electron chi connectivity index (χ1n) is 4.74. The average molecular weight is 284 g/mol. The van der Waals surface area contributed by atoms with Crippen molar-refractivity contribution in [2.45, 2.75) is 6.92 Å². The summed E-state index contributed by atoms with van der Waals surface area (Å²) < 4.78 is 15.8. The third-order valence-corrected chi connectivity index (χ3v) is 2.94. The van der Waals surface area contributed by atoms with Gasteiger partial charge in [0.25, 0.3) is 0 Å². The van der Waals surface area contributed by atoms with Gasteiger partial charge in [-0.15, -0.1) is 0 Å². The smallest absolute Gasteiger partial charge is 0.146 e. The van der Waals surface area contributed by atoms with E-state index in [-0.39, 0.29) is 5.82 Å². The molecule has 2 aromatic rings. The Balaban J connectivity index is 2.63. The molecule has 0 aliphatic rings. The van der Waals surface area contributed by atoms with Gasteiger partial charge >= 0.3 is 0 Å². The van der Waals surface area contributed by atoms with Gasteiger partial charge in [0.05, 0.1) is 10.2 Å². The predicted molar refractivity (Wildman–Crippen MR) is 65.5 cm³/mol. The summed E-state index contributed by atoms with van der Waals surface area (Å²) in [7, 11) is 1.72. The lowest BCUT2D eigenvalue weighted by atomic mass is 10.1. The Morgan fingerprint density at radius 2 is 2.06 bits per heavy atom. The Kier molecular flexibility index (Phi) is 2.71. The highest BCUT2D eigenvalue weighted by Crippen LogP contribution is 2.29. The molecule has 0 saturated carbocycles. The zero-order valence-corrected chi connectivity index (χ0v) is 10.5. The zero-order chi connectivity index (χ0) is 11.9. The van der Waals surface area contributed by atoms with Crippen LogP contribution in [-0.4, -0.2) is 9.78 Å². The standard InChI is InChI=1S/C11H11BrFN3/c1-6-3-7(11(13)8(12)4-6)9-5-10(14)16(2)15-9/h3-5H,14H2,1-2H3. The number of nitrogens with zero attached hydrogens (tertiary/aromatic N) is 2. The second-order valence-electron chi connectivity index (χ2n) is 3.69. The topological polar surface area (TPSA) is 43.8 Å². The van der Waals surface area contributed by atoms with E-state index in [4.69, 9.17) is 5.73 Å². The fourth-order valence-electron chi connectivity index (χ4n) is 1.52. The summed E-state index contributed by atoms with van der Waals surface area (Å²) in [5.74, 6) is 0.190. The van der Waals surface area contributed by atoms with Gasteiger partial charge in [0.1, 0.15) is 11.6 Å². The highest BCUT2D eigenvalue weighted by atomic mass is 79.9. The molecule has 1 heterocycles. The number of rotatable bonds is 1. The minimum absolute atomic E-state index is 0.316. The van der Waals surface area contributed by atoms with Gasteiger partial charge in [0.2, 0.25) is 0 Å². The van der Waals surface area contributed by atoms with E-state index in [1.54, 1.807) is 25.2 Å². The molecule has 0 aliphatic carbocycles. The van der Waals surface area contributed by atoms with Crippen molar-refractivity contribution in [3.63, 3.8) is 0 Å². The van der Waals surface area contributed by atoms with Crippen LogP contribution in [0.3, 0.4) is 0 Å². The maximum atomic E-state index is 13.9. The maximum absolute atomic E-state index is 13.9. The minimum Gasteiger partial charge on any atom is -0.384 e. The van der Waals surface area contributed by atoms with Gasteiger partial charge in [-0.05, 0) is 40.5 Å². The molecule has 0 atom stereocenters. The van der Waals surface area contributed by atoms with E-state index in [1.807, 2.05) is 6.92 Å². The number of halogens is 2. The van der Waals surface area contributed by atoms with Crippen LogP contribution in [0.15, 0.2) is 22.7 Å². The minimum atomic E-state index is -0.316. The fraction of sp³-hybridized carbons (Fsp3) is 0.182. The number of benzene rings is 1. The molecule has 1 aromatic carbocycles. The van der Waals surface area contributed by atoms with Crippen LogP contribution < -0.4 is 5.73 Å². The number of hydrogen-bond acceptors (Lipinski definition) is 2. The molecule has 0 aliphatic heterocycles. The van der Waals surface area contributed by atoms with Crippen molar-refractivity contribution >= 4 is 21.7 Å². The Bertz CT molecular complexity index is 529. The van der Waals surface area contributed by atoms with Crippen LogP contribution in [0.25, 0.3) is 11.3 Å². The van der Waals surface area contributed by atoms with E-state index in [2.05, 4.69) is 21.0 Å². The second-order valence-corrected chi connectivity index (χ2v) is 4.54. The fourth-order valence-corrected chi connectivity index (χ4v) is 2.10.